The third-order valence-corrected chi connectivity index (χ3v) is 13.2. The van der Waals surface area contributed by atoms with Crippen molar-refractivity contribution >= 4 is 23.7 Å². The Hall–Kier alpha value is -8.18. The maximum atomic E-state index is 14.1. The van der Waals surface area contributed by atoms with E-state index in [1.54, 1.807) is 18.2 Å². The van der Waals surface area contributed by atoms with Crippen LogP contribution in [0.25, 0.3) is 46.3 Å². The van der Waals surface area contributed by atoms with Crippen LogP contribution in [0.15, 0.2) is 152 Å². The summed E-state index contributed by atoms with van der Waals surface area (Å²) in [4.78, 5) is 62.0. The molecule has 6 aromatic heterocycles. The maximum absolute atomic E-state index is 14.1. The number of hydrogen-bond donors (Lipinski definition) is 1. The number of nitrogens with zero attached hydrogens (tertiary/aromatic N) is 8. The highest BCUT2D eigenvalue weighted by Gasteiger charge is 2.20. The minimum absolute atomic E-state index is 0.00721. The fraction of sp³-hybridized carbons (Fsp3) is 0.270. The number of pyridine rings is 6. The minimum Gasteiger partial charge on any atom is -0.504 e. The summed E-state index contributed by atoms with van der Waals surface area (Å²) in [6.45, 7) is 5.15. The second-order valence-electron chi connectivity index (χ2n) is 19.4. The first-order valence-corrected chi connectivity index (χ1v) is 26.6. The number of rotatable bonds is 20. The van der Waals surface area contributed by atoms with Crippen molar-refractivity contribution in [1.29, 1.82) is 0 Å². The van der Waals surface area contributed by atoms with Gasteiger partial charge in [-0.2, -0.15) is 0 Å². The molecule has 78 heavy (non-hydrogen) atoms. The van der Waals surface area contributed by atoms with Gasteiger partial charge in [0, 0.05) is 70.9 Å². The molecule has 9 heterocycles. The Morgan fingerprint density at radius 1 is 0.436 bits per heavy atom. The van der Waals surface area contributed by atoms with E-state index < -0.39 is 0 Å². The highest BCUT2D eigenvalue weighted by atomic mass is 16.5. The largest absolute Gasteiger partial charge is 0.504 e. The smallest absolute Gasteiger partial charge is 0.170 e. The van der Waals surface area contributed by atoms with Crippen molar-refractivity contribution in [2.75, 3.05) is 46.2 Å². The number of phenols is 1. The van der Waals surface area contributed by atoms with Gasteiger partial charge in [-0.05, 0) is 109 Å². The first-order valence-electron chi connectivity index (χ1n) is 26.6. The first-order chi connectivity index (χ1) is 38.3. The number of phenolic OH excluding ortho intramolecular Hbond substituents is 1. The Morgan fingerprint density at radius 3 is 1.38 bits per heavy atom. The van der Waals surface area contributed by atoms with E-state index in [1.165, 1.54) is 0 Å². The third-order valence-electron chi connectivity index (χ3n) is 13.2. The van der Waals surface area contributed by atoms with Crippen LogP contribution in [0.5, 0.6) is 11.5 Å². The molecular formula is C63H62N8O7. The average molecular weight is 1040 g/mol. The lowest BCUT2D eigenvalue weighted by molar-refractivity contribution is -0.121. The number of carbonyl (C=O) groups is 2. The summed E-state index contributed by atoms with van der Waals surface area (Å²) in [5, 5.41) is 10.3. The molecule has 0 aliphatic carbocycles. The van der Waals surface area contributed by atoms with Gasteiger partial charge in [0.05, 0.1) is 94.8 Å². The molecule has 15 nitrogen and oxygen atoms in total. The molecule has 14 bridgehead atoms. The van der Waals surface area contributed by atoms with Crippen LogP contribution < -0.4 is 4.74 Å². The molecule has 0 fully saturated rings. The van der Waals surface area contributed by atoms with Crippen molar-refractivity contribution in [3.05, 3.63) is 203 Å². The lowest BCUT2D eigenvalue weighted by atomic mass is 10.0. The van der Waals surface area contributed by atoms with Gasteiger partial charge >= 0.3 is 0 Å². The summed E-state index contributed by atoms with van der Waals surface area (Å²) in [7, 11) is 0. The molecule has 0 atom stereocenters. The monoisotopic (exact) mass is 1040 g/mol. The van der Waals surface area contributed by atoms with E-state index >= 15 is 0 Å². The molecule has 11 rings (SSSR count). The van der Waals surface area contributed by atoms with Gasteiger partial charge < -0.3 is 24.1 Å². The van der Waals surface area contributed by atoms with E-state index in [2.05, 4.69) is 9.80 Å². The van der Waals surface area contributed by atoms with Crippen molar-refractivity contribution in [2.45, 2.75) is 65.0 Å². The van der Waals surface area contributed by atoms with E-state index in [0.717, 1.165) is 68.1 Å². The fourth-order valence-electron chi connectivity index (χ4n) is 9.35. The van der Waals surface area contributed by atoms with Gasteiger partial charge in [0.2, 0.25) is 0 Å². The number of aromatic hydroxyl groups is 1. The van der Waals surface area contributed by atoms with E-state index in [9.17, 15) is 14.7 Å². The lowest BCUT2D eigenvalue weighted by Gasteiger charge is -2.24. The fourth-order valence-corrected chi connectivity index (χ4v) is 9.35. The van der Waals surface area contributed by atoms with Gasteiger partial charge in [0.15, 0.2) is 23.1 Å². The summed E-state index contributed by atoms with van der Waals surface area (Å²) in [5.41, 5.74) is 12.1. The van der Waals surface area contributed by atoms with Gasteiger partial charge in [0.1, 0.15) is 6.61 Å². The van der Waals surface area contributed by atoms with Gasteiger partial charge in [-0.3, -0.25) is 19.4 Å². The normalized spacial score (nSPS) is 14.9. The van der Waals surface area contributed by atoms with E-state index in [0.29, 0.717) is 115 Å². The summed E-state index contributed by atoms with van der Waals surface area (Å²) in [5.74, 6) is 0.153. The number of benzene rings is 2. The molecule has 8 aromatic rings. The Morgan fingerprint density at radius 2 is 0.872 bits per heavy atom. The number of ether oxygens (including phenoxy) is 4. The highest BCUT2D eigenvalue weighted by molar-refractivity contribution is 5.97. The standard InChI is InChI=1S/C63H62N8O7/c72-54(44-78-63-35-46(27-28-62(63)74)26-25-45-11-2-1-3-12-45)18-9-29-75-31-33-77-34-32-76-30-10-24-61(73)47-36-53-43-71-41-50-15-6-21-57(66-50)55-19-4-13-48(64-55)38-70(40-52-17-8-23-59(68-52)60(37-47)69-53)39-49-14-5-20-56(65-49)58-22-7-16-51(42-71)67-58/h1-8,11-17,19-23,25-28,35-37,74H,9-10,18,24,29-34,38-44H2/b26-25+. The quantitative estimate of drug-likeness (QED) is 0.0433. The summed E-state index contributed by atoms with van der Waals surface area (Å²) < 4.78 is 22.9. The van der Waals surface area contributed by atoms with Crippen LogP contribution in [0.2, 0.25) is 0 Å². The maximum Gasteiger partial charge on any atom is 0.170 e. The molecule has 0 radical (unpaired) electrons. The van der Waals surface area contributed by atoms with Crippen LogP contribution in [0.3, 0.4) is 0 Å². The second kappa shape index (κ2) is 26.7. The number of ketones is 2. The van der Waals surface area contributed by atoms with Crippen LogP contribution >= 0.6 is 0 Å². The Balaban J connectivity index is 0.728. The van der Waals surface area contributed by atoms with Crippen molar-refractivity contribution < 1.29 is 33.6 Å². The molecule has 0 unspecified atom stereocenters. The van der Waals surface area contributed by atoms with Crippen molar-refractivity contribution in [1.82, 2.24) is 39.7 Å². The molecule has 1 N–H and O–H groups in total. The molecule has 0 spiro atoms. The number of hydrogen-bond acceptors (Lipinski definition) is 15. The van der Waals surface area contributed by atoms with E-state index in [-0.39, 0.29) is 36.1 Å². The zero-order valence-electron chi connectivity index (χ0n) is 43.6. The highest BCUT2D eigenvalue weighted by Crippen LogP contribution is 2.29. The van der Waals surface area contributed by atoms with Gasteiger partial charge in [-0.25, -0.2) is 29.9 Å². The minimum atomic E-state index is -0.138. The van der Waals surface area contributed by atoms with Crippen molar-refractivity contribution in [2.24, 2.45) is 0 Å². The van der Waals surface area contributed by atoms with Crippen LogP contribution in [0, 0.1) is 0 Å². The lowest BCUT2D eigenvalue weighted by Crippen LogP contribution is -2.25. The Labute approximate surface area is 454 Å². The SMILES string of the molecule is O=C(CCCOCCOCCOCCCC(=O)c1cc2nc(c1)-c1cccc(n1)CN1Cc3cccc(n3)-c3cccc(n3)CN(Cc3cccc(n3)-c3cccc(n3)C1)C2)COc1cc(/C=C/c2ccccc2)ccc1O. The molecule has 0 saturated carbocycles. The molecular weight excluding hydrogens is 981 g/mol. The van der Waals surface area contributed by atoms with Crippen LogP contribution in [-0.2, 0) is 58.3 Å². The van der Waals surface area contributed by atoms with Gasteiger partial charge in [0.25, 0.3) is 0 Å². The average Bonchev–Trinajstić information content (AvgIpc) is 3.50. The Bertz CT molecular complexity index is 3260. The second-order valence-corrected chi connectivity index (χ2v) is 19.4. The van der Waals surface area contributed by atoms with Crippen LogP contribution in [0.1, 0.15) is 81.3 Å². The molecule has 3 aliphatic heterocycles. The molecule has 3 aliphatic rings. The van der Waals surface area contributed by atoms with Gasteiger partial charge in [-0.15, -0.1) is 0 Å². The molecule has 0 amide bonds. The predicted molar refractivity (Wildman–Crippen MR) is 298 cm³/mol. The summed E-state index contributed by atoms with van der Waals surface area (Å²) in [6.07, 6.45) is 5.56. The molecule has 15 heteroatoms. The summed E-state index contributed by atoms with van der Waals surface area (Å²) in [6, 6.07) is 49.0. The van der Waals surface area contributed by atoms with E-state index in [4.69, 9.17) is 48.9 Å². The van der Waals surface area contributed by atoms with Gasteiger partial charge in [-0.1, -0.05) is 78.9 Å². The van der Waals surface area contributed by atoms with Crippen LogP contribution in [-0.4, -0.2) is 103 Å². The molecule has 0 saturated heterocycles. The third kappa shape index (κ3) is 15.3. The predicted octanol–water partition coefficient (Wildman–Crippen LogP) is 10.4. The molecule has 2 aromatic carbocycles. The van der Waals surface area contributed by atoms with E-state index in [1.807, 2.05) is 146 Å². The zero-order valence-corrected chi connectivity index (χ0v) is 43.6. The van der Waals surface area contributed by atoms with Crippen molar-refractivity contribution in [3.63, 3.8) is 0 Å². The summed E-state index contributed by atoms with van der Waals surface area (Å²) >= 11 is 0. The number of aromatic nitrogens is 6. The van der Waals surface area contributed by atoms with Crippen molar-refractivity contribution in [3.8, 4) is 45.7 Å². The number of carbonyl (C=O) groups excluding carboxylic acids is 2. The number of Topliss-reactive ketones (excluding diaryl/α,β-unsaturated/α-hetero) is 2. The van der Waals surface area contributed by atoms with Crippen LogP contribution in [0.4, 0.5) is 0 Å². The topological polar surface area (TPSA) is 175 Å². The first kappa shape index (κ1) is 53.2. The Kier molecular flexibility index (Phi) is 18.2. The molecule has 396 valence electrons. The zero-order chi connectivity index (χ0) is 53.3.